The minimum Gasteiger partial charge on any atom is -0.493 e. The Balaban J connectivity index is 2.46. The number of primary amides is 1. The van der Waals surface area contributed by atoms with Gasteiger partial charge < -0.3 is 31.5 Å². The summed E-state index contributed by atoms with van der Waals surface area (Å²) >= 11 is 0. The number of hydrogen-bond acceptors (Lipinski definition) is 7. The number of hydrogen-bond donors (Lipinski definition) is 5. The molecule has 6 N–H and O–H groups in total. The number of benzene rings is 2. The molecule has 2 aromatic rings. The lowest BCUT2D eigenvalue weighted by molar-refractivity contribution is -0.148. The molecule has 0 aliphatic rings. The van der Waals surface area contributed by atoms with Gasteiger partial charge in [0.1, 0.15) is 29.9 Å². The average Bonchev–Trinajstić information content (AvgIpc) is 2.93. The minimum atomic E-state index is -2.21. The van der Waals surface area contributed by atoms with Gasteiger partial charge in [0.25, 0.3) is 5.91 Å². The Hall–Kier alpha value is -4.69. The summed E-state index contributed by atoms with van der Waals surface area (Å²) in [5, 5.41) is 28.5. The fraction of sp³-hybridized carbons (Fsp3) is 0.424. The van der Waals surface area contributed by atoms with E-state index in [-0.39, 0.29) is 17.9 Å². The largest absolute Gasteiger partial charge is 0.493 e. The summed E-state index contributed by atoms with van der Waals surface area (Å²) in [6.07, 6.45) is -0.179. The predicted octanol–water partition coefficient (Wildman–Crippen LogP) is 2.51. The molecule has 3 atom stereocenters. The maximum Gasteiger partial charge on any atom is 0.262 e. The van der Waals surface area contributed by atoms with Crippen LogP contribution in [-0.4, -0.2) is 52.5 Å². The maximum atomic E-state index is 13.7. The Morgan fingerprint density at radius 1 is 1.02 bits per heavy atom. The fourth-order valence-corrected chi connectivity index (χ4v) is 4.30. The van der Waals surface area contributed by atoms with Crippen molar-refractivity contribution in [3.05, 3.63) is 70.8 Å². The molecule has 0 fully saturated rings. The molecule has 11 nitrogen and oxygen atoms in total. The molecule has 2 unspecified atom stereocenters. The topological polar surface area (TPSA) is 184 Å². The first-order valence-electron chi connectivity index (χ1n) is 14.3. The molecule has 2 aromatic carbocycles. The second-order valence-electron chi connectivity index (χ2n) is 12.1. The minimum absolute atomic E-state index is 0.107. The number of aliphatic hydroxyl groups excluding tert-OH is 1. The Labute approximate surface area is 258 Å². The number of nitrogens with two attached hydrogens (primary N) is 1. The third-order valence-corrected chi connectivity index (χ3v) is 6.81. The number of nitrogens with one attached hydrogen (secondary N) is 3. The number of nitrogens with zero attached hydrogens (tertiary/aromatic N) is 1. The van der Waals surface area contributed by atoms with E-state index in [1.807, 2.05) is 37.3 Å². The van der Waals surface area contributed by atoms with Crippen molar-refractivity contribution in [3.8, 4) is 11.8 Å². The molecule has 0 aliphatic carbocycles. The Morgan fingerprint density at radius 3 is 2.18 bits per heavy atom. The molecule has 0 aromatic heterocycles. The molecule has 236 valence electrons. The smallest absolute Gasteiger partial charge is 0.262 e. The van der Waals surface area contributed by atoms with E-state index in [4.69, 9.17) is 10.5 Å². The van der Waals surface area contributed by atoms with Crippen LogP contribution in [-0.2, 0) is 25.7 Å². The third kappa shape index (κ3) is 9.67. The monoisotopic (exact) mass is 605 g/mol. The van der Waals surface area contributed by atoms with E-state index in [2.05, 4.69) is 16.0 Å². The lowest BCUT2D eigenvalue weighted by Gasteiger charge is -2.40. The molecule has 0 spiro atoms. The maximum absolute atomic E-state index is 13.7. The zero-order chi connectivity index (χ0) is 33.2. The Bertz CT molecular complexity index is 1420. The van der Waals surface area contributed by atoms with Gasteiger partial charge in [-0.25, -0.2) is 0 Å². The zero-order valence-electron chi connectivity index (χ0n) is 26.4. The third-order valence-electron chi connectivity index (χ3n) is 6.81. The second-order valence-corrected chi connectivity index (χ2v) is 12.1. The second kappa shape index (κ2) is 15.2. The molecule has 0 radical (unpaired) electrons. The van der Waals surface area contributed by atoms with E-state index in [1.165, 1.54) is 13.0 Å². The van der Waals surface area contributed by atoms with Crippen molar-refractivity contribution in [2.75, 3.05) is 6.61 Å². The van der Waals surface area contributed by atoms with E-state index in [9.17, 15) is 29.5 Å². The van der Waals surface area contributed by atoms with Crippen LogP contribution in [0.3, 0.4) is 0 Å². The molecule has 0 saturated heterocycles. The average molecular weight is 606 g/mol. The van der Waals surface area contributed by atoms with Crippen LogP contribution in [0.15, 0.2) is 54.1 Å². The number of aliphatic hydroxyl groups is 1. The Kier molecular flexibility index (Phi) is 12.2. The van der Waals surface area contributed by atoms with Crippen LogP contribution in [0.1, 0.15) is 58.2 Å². The number of rotatable bonds is 13. The molecule has 44 heavy (non-hydrogen) atoms. The number of aryl methyl sites for hydroxylation is 1. The highest BCUT2D eigenvalue weighted by Gasteiger charge is 2.53. The lowest BCUT2D eigenvalue weighted by Crippen LogP contribution is -2.71. The number of carbonyl (C=O) groups excluding carboxylic acids is 4. The van der Waals surface area contributed by atoms with Gasteiger partial charge in [-0.2, -0.15) is 5.26 Å². The van der Waals surface area contributed by atoms with Crippen LogP contribution >= 0.6 is 0 Å². The number of nitriles is 1. The van der Waals surface area contributed by atoms with Crippen LogP contribution in [0.5, 0.6) is 5.75 Å². The molecule has 11 heteroatoms. The summed E-state index contributed by atoms with van der Waals surface area (Å²) in [5.41, 5.74) is 5.21. The SMILES string of the molecule is Cc1ccc(CNC(=O)[C@H](COc2cccc(C=C(C#N)C(=O)NC(C)(C)C)c2)C(NC(=O)C(C)C)(C(N)=O)C(C)O)cc1. The van der Waals surface area contributed by atoms with Gasteiger partial charge in [-0.3, -0.25) is 19.2 Å². The van der Waals surface area contributed by atoms with Crippen LogP contribution < -0.4 is 26.4 Å². The number of carbonyl (C=O) groups is 4. The van der Waals surface area contributed by atoms with Gasteiger partial charge in [0.15, 0.2) is 5.54 Å². The predicted molar refractivity (Wildman–Crippen MR) is 167 cm³/mol. The highest BCUT2D eigenvalue weighted by atomic mass is 16.5. The normalized spacial score (nSPS) is 14.4. The number of amides is 4. The molecule has 0 heterocycles. The molecule has 0 aliphatic heterocycles. The van der Waals surface area contributed by atoms with E-state index < -0.39 is 59.3 Å². The number of ether oxygens (including phenoxy) is 1. The van der Waals surface area contributed by atoms with Crippen LogP contribution in [0.2, 0.25) is 0 Å². The first-order valence-corrected chi connectivity index (χ1v) is 14.3. The summed E-state index contributed by atoms with van der Waals surface area (Å²) in [4.78, 5) is 52.1. The highest BCUT2D eigenvalue weighted by Crippen LogP contribution is 2.26. The van der Waals surface area contributed by atoms with E-state index in [1.54, 1.807) is 58.9 Å². The van der Waals surface area contributed by atoms with Gasteiger partial charge in [-0.05, 0) is 64.0 Å². The van der Waals surface area contributed by atoms with Crippen LogP contribution in [0.4, 0.5) is 0 Å². The summed E-state index contributed by atoms with van der Waals surface area (Å²) in [6.45, 7) is 11.4. The van der Waals surface area contributed by atoms with Crippen LogP contribution in [0.25, 0.3) is 6.08 Å². The molecular weight excluding hydrogens is 562 g/mol. The quantitative estimate of drug-likeness (QED) is 0.172. The summed E-state index contributed by atoms with van der Waals surface area (Å²) in [7, 11) is 0. The van der Waals surface area contributed by atoms with Crippen molar-refractivity contribution >= 4 is 29.7 Å². The first kappa shape index (κ1) is 35.5. The van der Waals surface area contributed by atoms with E-state index in [0.29, 0.717) is 5.56 Å². The zero-order valence-corrected chi connectivity index (χ0v) is 26.4. The summed E-state index contributed by atoms with van der Waals surface area (Å²) in [6, 6.07) is 15.8. The van der Waals surface area contributed by atoms with E-state index >= 15 is 0 Å². The first-order chi connectivity index (χ1) is 20.5. The molecule has 0 saturated carbocycles. The van der Waals surface area contributed by atoms with Crippen molar-refractivity contribution in [1.82, 2.24) is 16.0 Å². The summed E-state index contributed by atoms with van der Waals surface area (Å²) < 4.78 is 5.96. The molecular formula is C33H43N5O6. The van der Waals surface area contributed by atoms with Crippen LogP contribution in [0, 0.1) is 30.1 Å². The van der Waals surface area contributed by atoms with Crippen molar-refractivity contribution in [2.45, 2.75) is 72.2 Å². The standard InChI is InChI=1S/C33H43N5O6/c1-20(2)28(40)38-33(22(4)39,31(35)43)27(30(42)36-18-23-13-11-21(3)12-14-23)19-44-26-10-8-9-24(16-26)15-25(17-34)29(41)37-32(5,6)7/h8-16,20,22,27,39H,18-19H2,1-7H3,(H2,35,43)(H,36,42)(H,37,41)(H,38,40)/t22?,27-,33?/m0/s1. The molecule has 4 amide bonds. The van der Waals surface area contributed by atoms with Crippen molar-refractivity contribution < 1.29 is 29.0 Å². The van der Waals surface area contributed by atoms with Gasteiger partial charge in [0.2, 0.25) is 17.7 Å². The van der Waals surface area contributed by atoms with Crippen molar-refractivity contribution in [2.24, 2.45) is 17.6 Å². The van der Waals surface area contributed by atoms with Crippen molar-refractivity contribution in [1.29, 1.82) is 5.26 Å². The van der Waals surface area contributed by atoms with Gasteiger partial charge >= 0.3 is 0 Å². The van der Waals surface area contributed by atoms with Gasteiger partial charge in [-0.15, -0.1) is 0 Å². The van der Waals surface area contributed by atoms with Crippen molar-refractivity contribution in [3.63, 3.8) is 0 Å². The molecule has 0 bridgehead atoms. The Morgan fingerprint density at radius 2 is 1.66 bits per heavy atom. The van der Waals surface area contributed by atoms with E-state index in [0.717, 1.165) is 11.1 Å². The van der Waals surface area contributed by atoms with Gasteiger partial charge in [0, 0.05) is 18.0 Å². The summed E-state index contributed by atoms with van der Waals surface area (Å²) in [5.74, 6) is -4.73. The van der Waals surface area contributed by atoms with Gasteiger partial charge in [0.05, 0.1) is 6.10 Å². The molecule has 2 rings (SSSR count). The van der Waals surface area contributed by atoms with Gasteiger partial charge in [-0.1, -0.05) is 55.8 Å². The highest BCUT2D eigenvalue weighted by molar-refractivity contribution is 6.02. The fourth-order valence-electron chi connectivity index (χ4n) is 4.30. The lowest BCUT2D eigenvalue weighted by atomic mass is 9.77.